The highest BCUT2D eigenvalue weighted by Gasteiger charge is 2.23. The van der Waals surface area contributed by atoms with Crippen LogP contribution in [0.15, 0.2) is 40.3 Å². The zero-order valence-electron chi connectivity index (χ0n) is 10.8. The molecule has 0 amide bonds. The molecule has 2 rings (SSSR count). The third-order valence-electron chi connectivity index (χ3n) is 2.82. The Bertz CT molecular complexity index is 691. The first-order valence-electron chi connectivity index (χ1n) is 5.61. The van der Waals surface area contributed by atoms with Crippen LogP contribution in [0.1, 0.15) is 5.56 Å². The zero-order chi connectivity index (χ0) is 17.6. The van der Waals surface area contributed by atoms with Crippen molar-refractivity contribution in [1.82, 2.24) is 0 Å². The molecule has 2 aromatic carbocycles. The Morgan fingerprint density at radius 1 is 0.435 bits per heavy atom. The molecule has 0 unspecified atom stereocenters. The first-order valence-corrected chi connectivity index (χ1v) is 12.7. The SMILES string of the molecule is Cc1c(Br)c(Br)c(Br)c(Oc2c(Br)c(Br)c(Br)c(Br)c2Br)c1Br. The standard InChI is InChI=1S/C13H3Br9O/c1-2-3(14)5(16)9(20)12(4(2)15)23-13-10(21)7(18)6(17)8(19)11(13)22/h1H3. The molecule has 0 aromatic heterocycles. The molecular weight excluding hydrogens is 891 g/mol. The molecule has 10 heteroatoms. The Morgan fingerprint density at radius 3 is 1.17 bits per heavy atom. The van der Waals surface area contributed by atoms with Crippen molar-refractivity contribution in [3.63, 3.8) is 0 Å². The summed E-state index contributed by atoms with van der Waals surface area (Å²) in [5.74, 6) is 1.31. The van der Waals surface area contributed by atoms with Crippen LogP contribution in [0.3, 0.4) is 0 Å². The quantitative estimate of drug-likeness (QED) is 0.216. The molecule has 124 valence electrons. The normalized spacial score (nSPS) is 11.0. The van der Waals surface area contributed by atoms with Gasteiger partial charge in [0.05, 0.1) is 31.3 Å². The van der Waals surface area contributed by atoms with Gasteiger partial charge >= 0.3 is 0 Å². The Labute approximate surface area is 209 Å². The molecule has 0 bridgehead atoms. The molecule has 0 aliphatic heterocycles. The van der Waals surface area contributed by atoms with Crippen LogP contribution in [0, 0.1) is 6.92 Å². The Morgan fingerprint density at radius 2 is 0.739 bits per heavy atom. The summed E-state index contributed by atoms with van der Waals surface area (Å²) in [7, 11) is 0. The summed E-state index contributed by atoms with van der Waals surface area (Å²) in [4.78, 5) is 0. The molecule has 0 aliphatic carbocycles. The first-order chi connectivity index (χ1) is 10.6. The number of benzene rings is 2. The number of hydrogen-bond acceptors (Lipinski definition) is 1. The van der Waals surface area contributed by atoms with Crippen LogP contribution in [0.2, 0.25) is 0 Å². The van der Waals surface area contributed by atoms with E-state index >= 15 is 0 Å². The average molecular weight is 894 g/mol. The van der Waals surface area contributed by atoms with E-state index in [1.54, 1.807) is 0 Å². The number of hydrogen-bond donors (Lipinski definition) is 0. The van der Waals surface area contributed by atoms with Gasteiger partial charge in [-0.05, 0) is 156 Å². The minimum absolute atomic E-state index is 0.641. The molecule has 0 heterocycles. The number of halogens is 9. The summed E-state index contributed by atoms with van der Waals surface area (Å²) in [5.41, 5.74) is 1.03. The van der Waals surface area contributed by atoms with Gasteiger partial charge in [0.1, 0.15) is 0 Å². The highest BCUT2D eigenvalue weighted by atomic mass is 79.9. The summed E-state index contributed by atoms with van der Waals surface area (Å²) in [5, 5.41) is 0. The molecule has 0 fully saturated rings. The molecule has 23 heavy (non-hydrogen) atoms. The maximum absolute atomic E-state index is 6.22. The summed E-state index contributed by atoms with van der Waals surface area (Å²) < 4.78 is 13.9. The molecule has 1 nitrogen and oxygen atoms in total. The third-order valence-corrected chi connectivity index (χ3v) is 13.4. The fourth-order valence-corrected chi connectivity index (χ4v) is 7.39. The van der Waals surface area contributed by atoms with Crippen molar-refractivity contribution < 1.29 is 4.74 Å². The summed E-state index contributed by atoms with van der Waals surface area (Å²) in [6, 6.07) is 0. The van der Waals surface area contributed by atoms with Crippen LogP contribution >= 0.6 is 143 Å². The molecule has 0 aliphatic rings. The lowest BCUT2D eigenvalue weighted by Crippen LogP contribution is -1.95. The van der Waals surface area contributed by atoms with E-state index in [2.05, 4.69) is 143 Å². The highest BCUT2D eigenvalue weighted by molar-refractivity contribution is 9.16. The van der Waals surface area contributed by atoms with Crippen molar-refractivity contribution in [2.45, 2.75) is 6.92 Å². The molecule has 2 aromatic rings. The zero-order valence-corrected chi connectivity index (χ0v) is 25.1. The topological polar surface area (TPSA) is 9.23 Å². The van der Waals surface area contributed by atoms with E-state index in [1.165, 1.54) is 0 Å². The molecule has 0 atom stereocenters. The molecule has 0 N–H and O–H groups in total. The van der Waals surface area contributed by atoms with Crippen LogP contribution in [0.25, 0.3) is 0 Å². The predicted molar refractivity (Wildman–Crippen MR) is 127 cm³/mol. The average Bonchev–Trinajstić information content (AvgIpc) is 2.54. The van der Waals surface area contributed by atoms with Gasteiger partial charge in [-0.15, -0.1) is 0 Å². The van der Waals surface area contributed by atoms with Crippen molar-refractivity contribution in [3.05, 3.63) is 45.8 Å². The van der Waals surface area contributed by atoms with Crippen LogP contribution in [-0.2, 0) is 0 Å². The summed E-state index contributed by atoms with van der Waals surface area (Å²) in [6.07, 6.45) is 0. The monoisotopic (exact) mass is 885 g/mol. The molecule has 0 spiro atoms. The van der Waals surface area contributed by atoms with Crippen molar-refractivity contribution in [1.29, 1.82) is 0 Å². The van der Waals surface area contributed by atoms with Gasteiger partial charge < -0.3 is 4.74 Å². The van der Waals surface area contributed by atoms with Crippen LogP contribution in [-0.4, -0.2) is 0 Å². The highest BCUT2D eigenvalue weighted by Crippen LogP contribution is 2.53. The summed E-state index contributed by atoms with van der Waals surface area (Å²) in [6.45, 7) is 2.00. The largest absolute Gasteiger partial charge is 0.452 e. The van der Waals surface area contributed by atoms with Crippen LogP contribution in [0.5, 0.6) is 11.5 Å². The maximum atomic E-state index is 6.22. The van der Waals surface area contributed by atoms with E-state index in [-0.39, 0.29) is 0 Å². The van der Waals surface area contributed by atoms with E-state index in [1.807, 2.05) is 6.92 Å². The van der Waals surface area contributed by atoms with Crippen molar-refractivity contribution in [2.24, 2.45) is 0 Å². The first kappa shape index (κ1) is 21.9. The van der Waals surface area contributed by atoms with E-state index in [0.717, 1.165) is 45.8 Å². The lowest BCUT2D eigenvalue weighted by Gasteiger charge is -2.18. The minimum atomic E-state index is 0.641. The molecule has 0 radical (unpaired) electrons. The van der Waals surface area contributed by atoms with Crippen molar-refractivity contribution in [2.75, 3.05) is 0 Å². The van der Waals surface area contributed by atoms with Gasteiger partial charge in [0.15, 0.2) is 11.5 Å². The van der Waals surface area contributed by atoms with E-state index in [9.17, 15) is 0 Å². The van der Waals surface area contributed by atoms with Gasteiger partial charge in [0, 0.05) is 8.95 Å². The van der Waals surface area contributed by atoms with Crippen LogP contribution < -0.4 is 4.74 Å². The van der Waals surface area contributed by atoms with Gasteiger partial charge in [-0.3, -0.25) is 0 Å². The van der Waals surface area contributed by atoms with Gasteiger partial charge in [0.2, 0.25) is 0 Å². The smallest absolute Gasteiger partial charge is 0.158 e. The van der Waals surface area contributed by atoms with E-state index in [4.69, 9.17) is 4.74 Å². The fourth-order valence-electron chi connectivity index (χ4n) is 1.59. The maximum Gasteiger partial charge on any atom is 0.158 e. The van der Waals surface area contributed by atoms with E-state index < -0.39 is 0 Å². The summed E-state index contributed by atoms with van der Waals surface area (Å²) >= 11 is 32.0. The van der Waals surface area contributed by atoms with E-state index in [0.29, 0.717) is 11.5 Å². The number of rotatable bonds is 2. The van der Waals surface area contributed by atoms with Crippen molar-refractivity contribution >= 4 is 143 Å². The third kappa shape index (κ3) is 4.20. The second-order valence-electron chi connectivity index (χ2n) is 4.21. The number of ether oxygens (including phenoxy) is 1. The fraction of sp³-hybridized carbons (Fsp3) is 0.0769. The lowest BCUT2D eigenvalue weighted by atomic mass is 10.2. The van der Waals surface area contributed by atoms with Crippen LogP contribution in [0.4, 0.5) is 0 Å². The Hall–Kier alpha value is 2.56. The lowest BCUT2D eigenvalue weighted by molar-refractivity contribution is 0.468. The minimum Gasteiger partial charge on any atom is -0.452 e. The van der Waals surface area contributed by atoms with Gasteiger partial charge in [-0.1, -0.05) is 0 Å². The van der Waals surface area contributed by atoms with Gasteiger partial charge in [-0.2, -0.15) is 0 Å². The second kappa shape index (κ2) is 8.71. The van der Waals surface area contributed by atoms with Gasteiger partial charge in [0.25, 0.3) is 0 Å². The molecule has 0 saturated heterocycles. The molecular formula is C13H3Br9O. The van der Waals surface area contributed by atoms with Crippen molar-refractivity contribution in [3.8, 4) is 11.5 Å². The molecule has 0 saturated carbocycles. The second-order valence-corrected chi connectivity index (χ2v) is 11.3. The predicted octanol–water partition coefficient (Wildman–Crippen LogP) is 10.6. The Kier molecular flexibility index (Phi) is 8.28. The van der Waals surface area contributed by atoms with Gasteiger partial charge in [-0.25, -0.2) is 0 Å². The Balaban J connectivity index is 2.71.